The minimum atomic E-state index is -2.64. The molecule has 0 aromatic rings. The van der Waals surface area contributed by atoms with Gasteiger partial charge in [0.2, 0.25) is 0 Å². The van der Waals surface area contributed by atoms with Crippen LogP contribution in [0.15, 0.2) is 0 Å². The van der Waals surface area contributed by atoms with Gasteiger partial charge in [-0.2, -0.15) is 0 Å². The first-order valence-electron chi connectivity index (χ1n) is 2.41. The second-order valence-corrected chi connectivity index (χ2v) is 1.92. The molecule has 8 heteroatoms. The molecule has 0 aromatic heterocycles. The lowest BCUT2D eigenvalue weighted by Crippen LogP contribution is -2.18. The summed E-state index contributed by atoms with van der Waals surface area (Å²) in [6, 6.07) is -0.833. The fourth-order valence-electron chi connectivity index (χ4n) is 0.123. The number of carbonyl (C=O) groups is 1. The molecule has 0 saturated heterocycles. The van der Waals surface area contributed by atoms with Gasteiger partial charge in [0.25, 0.3) is 0 Å². The molecule has 0 aromatic carbocycles. The fraction of sp³-hybridized carbons (Fsp3) is 0.667. The molecule has 0 rings (SSSR count). The number of rotatable bonds is 2. The molecule has 0 fully saturated rings. The van der Waals surface area contributed by atoms with Crippen LogP contribution in [-0.2, 0) is 9.09 Å². The summed E-state index contributed by atoms with van der Waals surface area (Å²) in [4.78, 5) is 16.9. The smallest absolute Gasteiger partial charge is 0.316 e. The highest BCUT2D eigenvalue weighted by Crippen LogP contribution is 2.12. The number of urea groups is 1. The third-order valence-corrected chi connectivity index (χ3v) is 0.803. The van der Waals surface area contributed by atoms with Crippen LogP contribution in [0.3, 0.4) is 0 Å². The van der Waals surface area contributed by atoms with Crippen LogP contribution in [0.4, 0.5) is 4.79 Å². The normalized spacial score (nSPS) is 10.0. The van der Waals surface area contributed by atoms with Gasteiger partial charge in [-0.1, -0.05) is 0 Å². The lowest BCUT2D eigenvalue weighted by molar-refractivity contribution is 0.256. The van der Waals surface area contributed by atoms with Crippen molar-refractivity contribution in [3.05, 3.63) is 0 Å². The number of amides is 2. The molecule has 0 spiro atoms. The van der Waals surface area contributed by atoms with E-state index in [0.29, 0.717) is 6.61 Å². The van der Waals surface area contributed by atoms with E-state index in [-0.39, 0.29) is 6.15 Å². The molecule has 0 radical (unpaired) electrons. The second-order valence-electron chi connectivity index (χ2n) is 1.10. The molecular weight excluding hydrogens is 173 g/mol. The average Bonchev–Trinajstić information content (AvgIpc) is 1.62. The molecule has 70 valence electrons. The van der Waals surface area contributed by atoms with E-state index in [9.17, 15) is 4.57 Å². The van der Waals surface area contributed by atoms with E-state index in [0.717, 1.165) is 0 Å². The van der Waals surface area contributed by atoms with Crippen LogP contribution in [0.1, 0.15) is 6.92 Å². The molecule has 8 N–H and O–H groups in total. The molecule has 7 nitrogen and oxygen atoms in total. The zero-order valence-electron chi connectivity index (χ0n) is 6.24. The van der Waals surface area contributed by atoms with Crippen LogP contribution in [0.5, 0.6) is 0 Å². The van der Waals surface area contributed by atoms with Crippen molar-refractivity contribution in [1.82, 2.24) is 6.15 Å². The van der Waals surface area contributed by atoms with Crippen LogP contribution >= 0.6 is 8.25 Å². The number of nitrogens with two attached hydrogens (primary N) is 2. The monoisotopic (exact) mass is 187 g/mol. The Morgan fingerprint density at radius 3 is 1.91 bits per heavy atom. The Hall–Kier alpha value is -0.620. The Labute approximate surface area is 65.2 Å². The van der Waals surface area contributed by atoms with Gasteiger partial charge in [0, 0.05) is 0 Å². The zero-order chi connectivity index (χ0) is 8.57. The molecule has 2 amide bonds. The van der Waals surface area contributed by atoms with Gasteiger partial charge < -0.3 is 27.0 Å². The summed E-state index contributed by atoms with van der Waals surface area (Å²) in [5.41, 5.74) is 8.50. The summed E-state index contributed by atoms with van der Waals surface area (Å²) in [6.07, 6.45) is 0. The summed E-state index contributed by atoms with van der Waals surface area (Å²) in [7, 11) is -2.64. The van der Waals surface area contributed by atoms with E-state index in [1.165, 1.54) is 0 Å². The van der Waals surface area contributed by atoms with Gasteiger partial charge in [0.05, 0.1) is 6.61 Å². The maximum absolute atomic E-state index is 9.56. The van der Waals surface area contributed by atoms with E-state index >= 15 is 0 Å². The van der Waals surface area contributed by atoms with Crippen molar-refractivity contribution < 1.29 is 18.8 Å². The lowest BCUT2D eigenvalue weighted by Gasteiger charge is -1.86. The van der Waals surface area contributed by atoms with E-state index in [2.05, 4.69) is 16.0 Å². The molecule has 0 heterocycles. The number of hydrogen-bond donors (Lipinski definition) is 4. The Bertz CT molecular complexity index is 115. The highest BCUT2D eigenvalue weighted by Gasteiger charge is 1.81. The summed E-state index contributed by atoms with van der Waals surface area (Å²) in [5, 5.41) is 0. The van der Waals surface area contributed by atoms with Crippen molar-refractivity contribution in [1.29, 1.82) is 0 Å². The van der Waals surface area contributed by atoms with E-state index in [1.54, 1.807) is 6.92 Å². The van der Waals surface area contributed by atoms with Crippen LogP contribution < -0.4 is 17.6 Å². The highest BCUT2D eigenvalue weighted by atomic mass is 31.1. The first-order chi connectivity index (χ1) is 4.50. The Morgan fingerprint density at radius 1 is 1.64 bits per heavy atom. The molecule has 0 bridgehead atoms. The lowest BCUT2D eigenvalue weighted by atomic mass is 10.9. The Morgan fingerprint density at radius 2 is 1.91 bits per heavy atom. The van der Waals surface area contributed by atoms with Crippen molar-refractivity contribution in [2.45, 2.75) is 6.92 Å². The third kappa shape index (κ3) is 90.2. The van der Waals surface area contributed by atoms with Crippen molar-refractivity contribution in [3.63, 3.8) is 0 Å². The van der Waals surface area contributed by atoms with Gasteiger partial charge in [0.1, 0.15) is 0 Å². The van der Waals surface area contributed by atoms with Crippen LogP contribution in [0, 0.1) is 0 Å². The standard InChI is InChI=1S/C2H7O3P.CH4N2O.H3N/c1-2-5-6(3)4;2-1(3)4;/h6H,2H2,1H3,(H,3,4);(H4,2,3,4);1H3. The maximum atomic E-state index is 9.56. The fourth-order valence-corrected chi connectivity index (χ4v) is 0.370. The quantitative estimate of drug-likeness (QED) is 0.433. The van der Waals surface area contributed by atoms with E-state index in [1.807, 2.05) is 0 Å². The largest absolute Gasteiger partial charge is 0.352 e. The zero-order valence-corrected chi connectivity index (χ0v) is 7.24. The third-order valence-electron chi connectivity index (χ3n) is 0.268. The number of hydrogen-bond acceptors (Lipinski definition) is 4. The first kappa shape index (κ1) is 16.8. The summed E-state index contributed by atoms with van der Waals surface area (Å²) < 4.78 is 13.7. The molecule has 0 aliphatic rings. The predicted molar refractivity (Wildman–Crippen MR) is 41.6 cm³/mol. The van der Waals surface area contributed by atoms with Crippen molar-refractivity contribution in [2.75, 3.05) is 6.61 Å². The molecule has 0 saturated carbocycles. The Kier molecular flexibility index (Phi) is 18.4. The van der Waals surface area contributed by atoms with Gasteiger partial charge in [-0.15, -0.1) is 0 Å². The second kappa shape index (κ2) is 12.1. The average molecular weight is 187 g/mol. The number of primary amides is 2. The van der Waals surface area contributed by atoms with Crippen LogP contribution in [0.25, 0.3) is 0 Å². The highest BCUT2D eigenvalue weighted by molar-refractivity contribution is 7.32. The number of carbonyl (C=O) groups excluding carboxylic acids is 1. The molecule has 0 aliphatic heterocycles. The van der Waals surface area contributed by atoms with Crippen LogP contribution in [0.2, 0.25) is 0 Å². The minimum Gasteiger partial charge on any atom is -0.352 e. The molecule has 1 atom stereocenters. The van der Waals surface area contributed by atoms with Gasteiger partial charge in [-0.25, -0.2) is 4.79 Å². The van der Waals surface area contributed by atoms with Crippen molar-refractivity contribution >= 4 is 14.3 Å². The van der Waals surface area contributed by atoms with E-state index < -0.39 is 14.3 Å². The molecule has 11 heavy (non-hydrogen) atoms. The Balaban J connectivity index is -0.000000114. The van der Waals surface area contributed by atoms with Crippen LogP contribution in [-0.4, -0.2) is 17.5 Å². The van der Waals surface area contributed by atoms with Gasteiger partial charge >= 0.3 is 14.3 Å². The van der Waals surface area contributed by atoms with Crippen molar-refractivity contribution in [3.8, 4) is 0 Å². The molecule has 1 unspecified atom stereocenters. The SMILES string of the molecule is CCO[PH](=O)O.N.NC(N)=O. The van der Waals surface area contributed by atoms with Gasteiger partial charge in [0.15, 0.2) is 0 Å². The van der Waals surface area contributed by atoms with Gasteiger partial charge in [-0.05, 0) is 6.92 Å². The van der Waals surface area contributed by atoms with Gasteiger partial charge in [-0.3, -0.25) is 4.57 Å². The topological polar surface area (TPSA) is 151 Å². The predicted octanol–water partition coefficient (Wildman–Crippen LogP) is -0.409. The maximum Gasteiger partial charge on any atom is 0.316 e. The summed E-state index contributed by atoms with van der Waals surface area (Å²) >= 11 is 0. The van der Waals surface area contributed by atoms with Crippen molar-refractivity contribution in [2.24, 2.45) is 11.5 Å². The summed E-state index contributed by atoms with van der Waals surface area (Å²) in [6.45, 7) is 1.98. The first-order valence-corrected chi connectivity index (χ1v) is 3.67. The molecular formula is C3H14N3O4P. The minimum absolute atomic E-state index is 0. The molecule has 0 aliphatic carbocycles. The van der Waals surface area contributed by atoms with E-state index in [4.69, 9.17) is 9.69 Å². The summed E-state index contributed by atoms with van der Waals surface area (Å²) in [5.74, 6) is 0.